The standard InChI is InChI=1S/C18H23N3O2/c1-13-7-9-21(16(10-13)17-6-5-14(2)23-17)18(22)20-12-15-4-3-8-19-11-15/h3-6,8,11,13,16H,7,9-10,12H2,1-2H3,(H,20,22)/t13-,16-/m1/s1. The molecule has 2 atom stereocenters. The minimum absolute atomic E-state index is 0.0151. The van der Waals surface area contributed by atoms with Gasteiger partial charge in [-0.05, 0) is 49.4 Å². The lowest BCUT2D eigenvalue weighted by atomic mass is 9.91. The summed E-state index contributed by atoms with van der Waals surface area (Å²) in [5, 5.41) is 3.00. The summed E-state index contributed by atoms with van der Waals surface area (Å²) >= 11 is 0. The van der Waals surface area contributed by atoms with Crippen LogP contribution in [0.2, 0.25) is 0 Å². The predicted octanol–water partition coefficient (Wildman–Crippen LogP) is 3.67. The van der Waals surface area contributed by atoms with Crippen LogP contribution in [-0.2, 0) is 6.54 Å². The first kappa shape index (κ1) is 15.6. The van der Waals surface area contributed by atoms with Crippen molar-refractivity contribution in [3.8, 4) is 0 Å². The third-order valence-electron chi connectivity index (χ3n) is 4.38. The van der Waals surface area contributed by atoms with E-state index in [4.69, 9.17) is 4.42 Å². The third kappa shape index (κ3) is 3.73. The zero-order valence-corrected chi connectivity index (χ0v) is 13.7. The summed E-state index contributed by atoms with van der Waals surface area (Å²) in [5.74, 6) is 2.35. The van der Waals surface area contributed by atoms with Gasteiger partial charge in [0.25, 0.3) is 0 Å². The van der Waals surface area contributed by atoms with Gasteiger partial charge in [-0.1, -0.05) is 13.0 Å². The van der Waals surface area contributed by atoms with Gasteiger partial charge in [0.05, 0.1) is 6.04 Å². The Bertz CT molecular complexity index is 653. The molecule has 2 aromatic rings. The Hall–Kier alpha value is -2.30. The number of nitrogens with one attached hydrogen (secondary N) is 1. The molecule has 23 heavy (non-hydrogen) atoms. The molecule has 0 spiro atoms. The topological polar surface area (TPSA) is 58.4 Å². The number of nitrogens with zero attached hydrogens (tertiary/aromatic N) is 2. The Balaban J connectivity index is 1.69. The summed E-state index contributed by atoms with van der Waals surface area (Å²) in [7, 11) is 0. The van der Waals surface area contributed by atoms with Crippen molar-refractivity contribution in [3.05, 3.63) is 53.7 Å². The van der Waals surface area contributed by atoms with Crippen molar-refractivity contribution in [1.82, 2.24) is 15.2 Å². The highest BCUT2D eigenvalue weighted by molar-refractivity contribution is 5.74. The highest BCUT2D eigenvalue weighted by Crippen LogP contribution is 2.34. The van der Waals surface area contributed by atoms with E-state index in [1.165, 1.54) is 0 Å². The van der Waals surface area contributed by atoms with Crippen molar-refractivity contribution in [2.45, 2.75) is 39.3 Å². The number of hydrogen-bond donors (Lipinski definition) is 1. The number of urea groups is 1. The number of amides is 2. The molecule has 0 bridgehead atoms. The number of carbonyl (C=O) groups excluding carboxylic acids is 1. The van der Waals surface area contributed by atoms with E-state index in [1.54, 1.807) is 12.4 Å². The first-order valence-corrected chi connectivity index (χ1v) is 8.13. The first-order valence-electron chi connectivity index (χ1n) is 8.13. The summed E-state index contributed by atoms with van der Waals surface area (Å²) in [6, 6.07) is 7.75. The second-order valence-corrected chi connectivity index (χ2v) is 6.31. The number of aromatic nitrogens is 1. The van der Waals surface area contributed by atoms with E-state index >= 15 is 0 Å². The lowest BCUT2D eigenvalue weighted by molar-refractivity contribution is 0.119. The van der Waals surface area contributed by atoms with Gasteiger partial charge in [0.2, 0.25) is 0 Å². The van der Waals surface area contributed by atoms with Gasteiger partial charge >= 0.3 is 6.03 Å². The van der Waals surface area contributed by atoms with Crippen LogP contribution < -0.4 is 5.32 Å². The normalized spacial score (nSPS) is 21.2. The molecule has 2 aromatic heterocycles. The molecule has 1 fully saturated rings. The van der Waals surface area contributed by atoms with Crippen LogP contribution in [0.15, 0.2) is 41.1 Å². The number of aryl methyl sites for hydroxylation is 1. The SMILES string of the molecule is Cc1ccc([C@H]2C[C@H](C)CCN2C(=O)NCc2cccnc2)o1. The van der Waals surface area contributed by atoms with Crippen molar-refractivity contribution in [3.63, 3.8) is 0 Å². The third-order valence-corrected chi connectivity index (χ3v) is 4.38. The lowest BCUT2D eigenvalue weighted by Crippen LogP contribution is -2.45. The van der Waals surface area contributed by atoms with Crippen LogP contribution >= 0.6 is 0 Å². The summed E-state index contributed by atoms with van der Waals surface area (Å²) in [6.07, 6.45) is 5.46. The maximum atomic E-state index is 12.6. The highest BCUT2D eigenvalue weighted by Gasteiger charge is 2.32. The monoisotopic (exact) mass is 313 g/mol. The Morgan fingerprint density at radius 2 is 2.30 bits per heavy atom. The van der Waals surface area contributed by atoms with E-state index in [0.29, 0.717) is 12.5 Å². The fourth-order valence-corrected chi connectivity index (χ4v) is 3.07. The van der Waals surface area contributed by atoms with Crippen molar-refractivity contribution in [2.75, 3.05) is 6.54 Å². The average Bonchev–Trinajstić information content (AvgIpc) is 3.00. The van der Waals surface area contributed by atoms with Crippen molar-refractivity contribution < 1.29 is 9.21 Å². The van der Waals surface area contributed by atoms with Gasteiger partial charge in [0.15, 0.2) is 0 Å². The highest BCUT2D eigenvalue weighted by atomic mass is 16.3. The molecule has 5 heteroatoms. The van der Waals surface area contributed by atoms with Crippen molar-refractivity contribution in [1.29, 1.82) is 0 Å². The van der Waals surface area contributed by atoms with Crippen LogP contribution in [0, 0.1) is 12.8 Å². The Kier molecular flexibility index (Phi) is 4.65. The fourth-order valence-electron chi connectivity index (χ4n) is 3.07. The maximum absolute atomic E-state index is 12.6. The van der Waals surface area contributed by atoms with E-state index in [2.05, 4.69) is 17.2 Å². The molecule has 0 unspecified atom stereocenters. The Morgan fingerprint density at radius 1 is 1.43 bits per heavy atom. The summed E-state index contributed by atoms with van der Waals surface area (Å²) in [6.45, 7) is 5.41. The number of pyridine rings is 1. The molecule has 0 radical (unpaired) electrons. The molecule has 3 heterocycles. The average molecular weight is 313 g/mol. The zero-order chi connectivity index (χ0) is 16.2. The largest absolute Gasteiger partial charge is 0.464 e. The van der Waals surface area contributed by atoms with E-state index in [0.717, 1.165) is 36.5 Å². The summed E-state index contributed by atoms with van der Waals surface area (Å²) in [4.78, 5) is 18.6. The number of likely N-dealkylation sites (tertiary alicyclic amines) is 1. The fraction of sp³-hybridized carbons (Fsp3) is 0.444. The molecule has 2 amide bonds. The molecule has 0 aliphatic carbocycles. The molecule has 1 aliphatic heterocycles. The van der Waals surface area contributed by atoms with Crippen LogP contribution in [0.25, 0.3) is 0 Å². The molecule has 1 N–H and O–H groups in total. The maximum Gasteiger partial charge on any atom is 0.318 e. The van der Waals surface area contributed by atoms with Crippen LogP contribution in [0.5, 0.6) is 0 Å². The van der Waals surface area contributed by atoms with Gasteiger partial charge in [-0.3, -0.25) is 4.98 Å². The van der Waals surface area contributed by atoms with Gasteiger partial charge in [0.1, 0.15) is 11.5 Å². The van der Waals surface area contributed by atoms with Gasteiger partial charge in [0, 0.05) is 25.5 Å². The van der Waals surface area contributed by atoms with Gasteiger partial charge in [-0.25, -0.2) is 4.79 Å². The van der Waals surface area contributed by atoms with Crippen LogP contribution in [0.3, 0.4) is 0 Å². The van der Waals surface area contributed by atoms with Crippen molar-refractivity contribution >= 4 is 6.03 Å². The lowest BCUT2D eigenvalue weighted by Gasteiger charge is -2.37. The molecule has 0 aromatic carbocycles. The number of carbonyl (C=O) groups is 1. The Labute approximate surface area is 136 Å². The molecule has 0 saturated carbocycles. The zero-order valence-electron chi connectivity index (χ0n) is 13.7. The number of piperidine rings is 1. The summed E-state index contributed by atoms with van der Waals surface area (Å²) < 4.78 is 5.78. The predicted molar refractivity (Wildman–Crippen MR) is 87.8 cm³/mol. The molecule has 1 aliphatic rings. The smallest absolute Gasteiger partial charge is 0.318 e. The van der Waals surface area contributed by atoms with E-state index in [9.17, 15) is 4.79 Å². The number of hydrogen-bond acceptors (Lipinski definition) is 3. The van der Waals surface area contributed by atoms with Crippen LogP contribution in [0.1, 0.15) is 42.9 Å². The van der Waals surface area contributed by atoms with Gasteiger partial charge in [-0.15, -0.1) is 0 Å². The minimum Gasteiger partial charge on any atom is -0.464 e. The number of furan rings is 1. The number of rotatable bonds is 3. The molecule has 5 nitrogen and oxygen atoms in total. The quantitative estimate of drug-likeness (QED) is 0.940. The van der Waals surface area contributed by atoms with E-state index < -0.39 is 0 Å². The van der Waals surface area contributed by atoms with Gasteiger partial charge in [-0.2, -0.15) is 0 Å². The van der Waals surface area contributed by atoms with E-state index in [-0.39, 0.29) is 12.1 Å². The second-order valence-electron chi connectivity index (χ2n) is 6.31. The first-order chi connectivity index (χ1) is 11.1. The van der Waals surface area contributed by atoms with Crippen LogP contribution in [0.4, 0.5) is 4.79 Å². The molecular weight excluding hydrogens is 290 g/mol. The molecule has 3 rings (SSSR count). The second kappa shape index (κ2) is 6.86. The molecule has 1 saturated heterocycles. The minimum atomic E-state index is -0.0418. The van der Waals surface area contributed by atoms with Crippen LogP contribution in [-0.4, -0.2) is 22.5 Å². The summed E-state index contributed by atoms with van der Waals surface area (Å²) in [5.41, 5.74) is 0.997. The van der Waals surface area contributed by atoms with Gasteiger partial charge < -0.3 is 14.6 Å². The molecular formula is C18H23N3O2. The molecule has 122 valence electrons. The van der Waals surface area contributed by atoms with E-state index in [1.807, 2.05) is 36.1 Å². The van der Waals surface area contributed by atoms with Crippen molar-refractivity contribution in [2.24, 2.45) is 5.92 Å². The Morgan fingerprint density at radius 3 is 3.00 bits per heavy atom.